The van der Waals surface area contributed by atoms with Crippen LogP contribution >= 0.6 is 0 Å². The summed E-state index contributed by atoms with van der Waals surface area (Å²) in [5.74, 6) is 5.67. The molecule has 1 saturated carbocycles. The molecule has 84 valence electrons. The molecule has 5 atom stereocenters. The molecule has 0 saturated heterocycles. The van der Waals surface area contributed by atoms with Gasteiger partial charge in [-0.3, -0.25) is 0 Å². The van der Waals surface area contributed by atoms with Crippen LogP contribution in [0.15, 0.2) is 0 Å². The molecule has 0 heteroatoms. The van der Waals surface area contributed by atoms with Gasteiger partial charge in [0, 0.05) is 0 Å². The highest BCUT2D eigenvalue weighted by atomic mass is 14.4. The van der Waals surface area contributed by atoms with E-state index in [2.05, 4.69) is 41.5 Å². The van der Waals surface area contributed by atoms with Crippen molar-refractivity contribution in [1.29, 1.82) is 0 Å². The van der Waals surface area contributed by atoms with Crippen molar-refractivity contribution < 1.29 is 0 Å². The summed E-state index contributed by atoms with van der Waals surface area (Å²) in [5, 5.41) is 0. The third-order valence-corrected chi connectivity index (χ3v) is 4.63. The summed E-state index contributed by atoms with van der Waals surface area (Å²) in [5.41, 5.74) is 0. The first kappa shape index (κ1) is 12.1. The highest BCUT2D eigenvalue weighted by Gasteiger charge is 2.39. The molecule has 1 aliphatic carbocycles. The predicted molar refractivity (Wildman–Crippen MR) is 64.2 cm³/mol. The molecular weight excluding hydrogens is 168 g/mol. The van der Waals surface area contributed by atoms with Crippen LogP contribution < -0.4 is 0 Å². The third kappa shape index (κ3) is 2.52. The van der Waals surface area contributed by atoms with Gasteiger partial charge in [-0.25, -0.2) is 0 Å². The van der Waals surface area contributed by atoms with Gasteiger partial charge in [-0.1, -0.05) is 41.5 Å². The molecule has 0 aliphatic heterocycles. The normalized spacial score (nSPS) is 36.6. The van der Waals surface area contributed by atoms with Crippen molar-refractivity contribution in [3.05, 3.63) is 0 Å². The maximum absolute atomic E-state index is 2.47. The quantitative estimate of drug-likeness (QED) is 0.616. The van der Waals surface area contributed by atoms with Gasteiger partial charge >= 0.3 is 0 Å². The molecule has 1 aliphatic rings. The number of rotatable bonds is 4. The molecule has 0 nitrogen and oxygen atoms in total. The first-order valence-corrected chi connectivity index (χ1v) is 6.43. The molecule has 0 radical (unpaired) electrons. The van der Waals surface area contributed by atoms with Crippen molar-refractivity contribution in [3.8, 4) is 0 Å². The Morgan fingerprint density at radius 1 is 1.07 bits per heavy atom. The maximum atomic E-state index is 2.47. The summed E-state index contributed by atoms with van der Waals surface area (Å²) in [4.78, 5) is 0. The van der Waals surface area contributed by atoms with Gasteiger partial charge in [0.1, 0.15) is 0 Å². The van der Waals surface area contributed by atoms with Gasteiger partial charge in [-0.15, -0.1) is 0 Å². The standard InChI is InChI=1S/C14H28/c1-9(2)7-10(3)12(5)14-8-11(4)13(14)6/h9-14H,7-8H2,1-6H3. The zero-order chi connectivity index (χ0) is 10.9. The van der Waals surface area contributed by atoms with Crippen molar-refractivity contribution >= 4 is 0 Å². The molecule has 0 spiro atoms. The first-order valence-electron chi connectivity index (χ1n) is 6.43. The van der Waals surface area contributed by atoms with Crippen molar-refractivity contribution in [2.45, 2.75) is 54.4 Å². The lowest BCUT2D eigenvalue weighted by atomic mass is 9.59. The average molecular weight is 196 g/mol. The molecule has 14 heavy (non-hydrogen) atoms. The van der Waals surface area contributed by atoms with E-state index in [0.29, 0.717) is 0 Å². The van der Waals surface area contributed by atoms with Crippen LogP contribution in [0.1, 0.15) is 54.4 Å². The van der Waals surface area contributed by atoms with Crippen LogP contribution in [0.3, 0.4) is 0 Å². The Hall–Kier alpha value is 0. The minimum Gasteiger partial charge on any atom is -0.0628 e. The van der Waals surface area contributed by atoms with E-state index >= 15 is 0 Å². The molecule has 1 fully saturated rings. The van der Waals surface area contributed by atoms with Crippen LogP contribution in [0.25, 0.3) is 0 Å². The minimum atomic E-state index is 0.861. The molecule has 0 heterocycles. The van der Waals surface area contributed by atoms with Crippen LogP contribution in [0.5, 0.6) is 0 Å². The van der Waals surface area contributed by atoms with Gasteiger partial charge in [0.15, 0.2) is 0 Å². The largest absolute Gasteiger partial charge is 0.0628 e. The SMILES string of the molecule is CC(C)CC(C)C(C)C1CC(C)C1C. The van der Waals surface area contributed by atoms with Crippen LogP contribution in [0.4, 0.5) is 0 Å². The second kappa shape index (κ2) is 4.68. The van der Waals surface area contributed by atoms with Crippen LogP contribution in [0, 0.1) is 35.5 Å². The predicted octanol–water partition coefficient (Wildman–Crippen LogP) is 4.60. The fourth-order valence-electron chi connectivity index (χ4n) is 3.16. The molecule has 0 N–H and O–H groups in total. The smallest absolute Gasteiger partial charge is 0.0355 e. The summed E-state index contributed by atoms with van der Waals surface area (Å²) in [7, 11) is 0. The Kier molecular flexibility index (Phi) is 4.04. The molecule has 0 bridgehead atoms. The van der Waals surface area contributed by atoms with Crippen molar-refractivity contribution in [2.75, 3.05) is 0 Å². The van der Waals surface area contributed by atoms with E-state index in [9.17, 15) is 0 Å². The fraction of sp³-hybridized carbons (Fsp3) is 1.00. The molecule has 0 aromatic rings. The lowest BCUT2D eigenvalue weighted by Crippen LogP contribution is -2.39. The minimum absolute atomic E-state index is 0.861. The lowest BCUT2D eigenvalue weighted by molar-refractivity contribution is 0.0287. The van der Waals surface area contributed by atoms with E-state index < -0.39 is 0 Å². The van der Waals surface area contributed by atoms with E-state index in [0.717, 1.165) is 35.5 Å². The summed E-state index contributed by atoms with van der Waals surface area (Å²) in [6, 6.07) is 0. The highest BCUT2D eigenvalue weighted by molar-refractivity contribution is 4.88. The Bertz CT molecular complexity index is 171. The summed E-state index contributed by atoms with van der Waals surface area (Å²) in [6.07, 6.45) is 2.88. The Balaban J connectivity index is 2.37. The van der Waals surface area contributed by atoms with E-state index in [1.807, 2.05) is 0 Å². The topological polar surface area (TPSA) is 0 Å². The second-order valence-electron chi connectivity index (χ2n) is 6.20. The van der Waals surface area contributed by atoms with Crippen LogP contribution in [0.2, 0.25) is 0 Å². The van der Waals surface area contributed by atoms with Gasteiger partial charge < -0.3 is 0 Å². The maximum Gasteiger partial charge on any atom is -0.0355 e. The third-order valence-electron chi connectivity index (χ3n) is 4.63. The summed E-state index contributed by atoms with van der Waals surface area (Å²) < 4.78 is 0. The molecule has 0 aromatic carbocycles. The van der Waals surface area contributed by atoms with Gasteiger partial charge in [0.25, 0.3) is 0 Å². The van der Waals surface area contributed by atoms with Crippen molar-refractivity contribution in [1.82, 2.24) is 0 Å². The second-order valence-corrected chi connectivity index (χ2v) is 6.20. The zero-order valence-electron chi connectivity index (χ0n) is 10.9. The van der Waals surface area contributed by atoms with E-state index in [1.165, 1.54) is 12.8 Å². The molecule has 0 aromatic heterocycles. The van der Waals surface area contributed by atoms with Gasteiger partial charge in [-0.05, 0) is 48.3 Å². The number of hydrogen-bond donors (Lipinski definition) is 0. The zero-order valence-corrected chi connectivity index (χ0v) is 10.9. The van der Waals surface area contributed by atoms with E-state index in [-0.39, 0.29) is 0 Å². The lowest BCUT2D eigenvalue weighted by Gasteiger charge is -2.46. The van der Waals surface area contributed by atoms with Crippen LogP contribution in [-0.4, -0.2) is 0 Å². The Morgan fingerprint density at radius 3 is 2.00 bits per heavy atom. The molecular formula is C14H28. The van der Waals surface area contributed by atoms with Gasteiger partial charge in [0.05, 0.1) is 0 Å². The van der Waals surface area contributed by atoms with Crippen LogP contribution in [-0.2, 0) is 0 Å². The first-order chi connectivity index (χ1) is 6.43. The molecule has 5 unspecified atom stereocenters. The number of hydrogen-bond acceptors (Lipinski definition) is 0. The Labute approximate surface area is 90.5 Å². The monoisotopic (exact) mass is 196 g/mol. The van der Waals surface area contributed by atoms with E-state index in [4.69, 9.17) is 0 Å². The fourth-order valence-corrected chi connectivity index (χ4v) is 3.16. The molecule has 0 amide bonds. The van der Waals surface area contributed by atoms with Gasteiger partial charge in [0.2, 0.25) is 0 Å². The van der Waals surface area contributed by atoms with Crippen molar-refractivity contribution in [2.24, 2.45) is 35.5 Å². The summed E-state index contributed by atoms with van der Waals surface area (Å²) in [6.45, 7) is 14.4. The van der Waals surface area contributed by atoms with E-state index in [1.54, 1.807) is 0 Å². The Morgan fingerprint density at radius 2 is 1.64 bits per heavy atom. The summed E-state index contributed by atoms with van der Waals surface area (Å²) >= 11 is 0. The van der Waals surface area contributed by atoms with Crippen molar-refractivity contribution in [3.63, 3.8) is 0 Å². The van der Waals surface area contributed by atoms with Gasteiger partial charge in [-0.2, -0.15) is 0 Å². The average Bonchev–Trinajstić information content (AvgIpc) is 2.11. The highest BCUT2D eigenvalue weighted by Crippen LogP contribution is 2.46. The molecule has 1 rings (SSSR count).